The monoisotopic (exact) mass is 690 g/mol. The van der Waals surface area contributed by atoms with E-state index in [9.17, 15) is 0 Å². The fourth-order valence-electron chi connectivity index (χ4n) is 7.46. The molecule has 0 aliphatic heterocycles. The molecular formula is C52H38N2. The predicted octanol–water partition coefficient (Wildman–Crippen LogP) is 14.8. The fraction of sp³-hybridized carbons (Fsp3) is 0. The Balaban J connectivity index is 1.07. The van der Waals surface area contributed by atoms with Gasteiger partial charge in [0.2, 0.25) is 0 Å². The second-order valence-electron chi connectivity index (χ2n) is 13.4. The van der Waals surface area contributed by atoms with E-state index in [1.807, 2.05) is 0 Å². The summed E-state index contributed by atoms with van der Waals surface area (Å²) < 4.78 is 0. The lowest BCUT2D eigenvalue weighted by atomic mass is 9.91. The highest BCUT2D eigenvalue weighted by Gasteiger charge is 2.16. The van der Waals surface area contributed by atoms with E-state index in [2.05, 4.69) is 240 Å². The lowest BCUT2D eigenvalue weighted by Crippen LogP contribution is -2.09. The summed E-state index contributed by atoms with van der Waals surface area (Å²) in [7, 11) is 0. The first-order chi connectivity index (χ1) is 26.8. The van der Waals surface area contributed by atoms with Gasteiger partial charge in [0.1, 0.15) is 0 Å². The number of nitrogens with zero attached hydrogens (tertiary/aromatic N) is 2. The first-order valence-electron chi connectivity index (χ1n) is 18.4. The zero-order valence-electron chi connectivity index (χ0n) is 29.8. The van der Waals surface area contributed by atoms with E-state index < -0.39 is 0 Å². The Morgan fingerprint density at radius 2 is 0.500 bits per heavy atom. The Hall–Kier alpha value is -7.16. The van der Waals surface area contributed by atoms with Gasteiger partial charge in [-0.15, -0.1) is 0 Å². The van der Waals surface area contributed by atoms with Crippen LogP contribution in [-0.4, -0.2) is 0 Å². The molecule has 0 aliphatic rings. The highest BCUT2D eigenvalue weighted by Crippen LogP contribution is 2.41. The Morgan fingerprint density at radius 3 is 0.870 bits per heavy atom. The van der Waals surface area contributed by atoms with Crippen LogP contribution in [0.5, 0.6) is 0 Å². The van der Waals surface area contributed by atoms with Crippen molar-refractivity contribution in [2.24, 2.45) is 0 Å². The molecule has 9 aromatic rings. The smallest absolute Gasteiger partial charge is 0.0462 e. The summed E-state index contributed by atoms with van der Waals surface area (Å²) in [6.07, 6.45) is 0. The molecule has 0 bridgehead atoms. The first kappa shape index (κ1) is 32.7. The second-order valence-corrected chi connectivity index (χ2v) is 13.4. The molecule has 0 atom stereocenters. The Bertz CT molecular complexity index is 2560. The first-order valence-corrected chi connectivity index (χ1v) is 18.4. The maximum absolute atomic E-state index is 2.32. The van der Waals surface area contributed by atoms with Gasteiger partial charge < -0.3 is 9.80 Å². The van der Waals surface area contributed by atoms with Crippen LogP contribution in [0.1, 0.15) is 0 Å². The van der Waals surface area contributed by atoms with Crippen molar-refractivity contribution in [3.63, 3.8) is 0 Å². The van der Waals surface area contributed by atoms with Crippen molar-refractivity contribution in [3.8, 4) is 33.4 Å². The summed E-state index contributed by atoms with van der Waals surface area (Å²) in [4.78, 5) is 4.62. The number of para-hydroxylation sites is 3. The predicted molar refractivity (Wildman–Crippen MR) is 230 cm³/mol. The molecule has 9 aromatic carbocycles. The van der Waals surface area contributed by atoms with E-state index in [4.69, 9.17) is 0 Å². The second kappa shape index (κ2) is 14.8. The van der Waals surface area contributed by atoms with E-state index >= 15 is 0 Å². The third-order valence-corrected chi connectivity index (χ3v) is 10.1. The Kier molecular flexibility index (Phi) is 8.99. The molecule has 0 radical (unpaired) electrons. The van der Waals surface area contributed by atoms with Crippen LogP contribution in [0.15, 0.2) is 231 Å². The Labute approximate surface area is 317 Å². The molecule has 54 heavy (non-hydrogen) atoms. The van der Waals surface area contributed by atoms with Gasteiger partial charge in [-0.3, -0.25) is 0 Å². The van der Waals surface area contributed by atoms with Gasteiger partial charge in [-0.2, -0.15) is 0 Å². The summed E-state index contributed by atoms with van der Waals surface area (Å²) in [5.74, 6) is 0. The molecule has 0 aromatic heterocycles. The molecule has 0 fully saturated rings. The van der Waals surface area contributed by atoms with Crippen LogP contribution in [0.2, 0.25) is 0 Å². The summed E-state index contributed by atoms with van der Waals surface area (Å²) in [6.45, 7) is 0. The fourth-order valence-corrected chi connectivity index (χ4v) is 7.46. The van der Waals surface area contributed by atoms with Crippen LogP contribution in [0.25, 0.3) is 44.2 Å². The lowest BCUT2D eigenvalue weighted by molar-refractivity contribution is 1.28. The largest absolute Gasteiger partial charge is 0.311 e. The van der Waals surface area contributed by atoms with Crippen LogP contribution in [0, 0.1) is 0 Å². The molecule has 0 spiro atoms. The van der Waals surface area contributed by atoms with Crippen molar-refractivity contribution in [1.29, 1.82) is 0 Å². The van der Waals surface area contributed by atoms with Gasteiger partial charge in [0.25, 0.3) is 0 Å². The summed E-state index contributed by atoms with van der Waals surface area (Å²) in [6, 6.07) is 82.3. The zero-order chi connectivity index (χ0) is 36.1. The molecule has 256 valence electrons. The van der Waals surface area contributed by atoms with Crippen LogP contribution < -0.4 is 9.80 Å². The maximum atomic E-state index is 2.32. The van der Waals surface area contributed by atoms with Gasteiger partial charge in [-0.25, -0.2) is 0 Å². The van der Waals surface area contributed by atoms with Crippen molar-refractivity contribution in [3.05, 3.63) is 231 Å². The molecule has 0 aliphatic carbocycles. The van der Waals surface area contributed by atoms with E-state index in [1.165, 1.54) is 44.2 Å². The van der Waals surface area contributed by atoms with Crippen molar-refractivity contribution < 1.29 is 0 Å². The molecule has 0 unspecified atom stereocenters. The molecule has 2 heteroatoms. The zero-order valence-corrected chi connectivity index (χ0v) is 29.8. The third kappa shape index (κ3) is 6.53. The van der Waals surface area contributed by atoms with Crippen LogP contribution >= 0.6 is 0 Å². The van der Waals surface area contributed by atoms with Gasteiger partial charge in [-0.1, -0.05) is 158 Å². The molecule has 9 rings (SSSR count). The SMILES string of the molecule is c1ccc(-c2ccc(N(c3ccccc3)c3ccc(-c4cccc5cccc(-c6ccc(N(c7ccccc7)c7ccccc7)cc6)c45)cc3)cc2)cc1. The van der Waals surface area contributed by atoms with Crippen molar-refractivity contribution in [2.75, 3.05) is 9.80 Å². The number of anilines is 6. The number of rotatable bonds is 9. The minimum Gasteiger partial charge on any atom is -0.311 e. The summed E-state index contributed by atoms with van der Waals surface area (Å²) in [5.41, 5.74) is 13.9. The molecule has 0 heterocycles. The van der Waals surface area contributed by atoms with Crippen molar-refractivity contribution >= 4 is 44.9 Å². The molecule has 0 saturated heterocycles. The van der Waals surface area contributed by atoms with E-state index in [1.54, 1.807) is 0 Å². The van der Waals surface area contributed by atoms with E-state index in [-0.39, 0.29) is 0 Å². The molecule has 0 saturated carbocycles. The van der Waals surface area contributed by atoms with Crippen molar-refractivity contribution in [1.82, 2.24) is 0 Å². The van der Waals surface area contributed by atoms with Gasteiger partial charge in [0.05, 0.1) is 0 Å². The third-order valence-electron chi connectivity index (χ3n) is 10.1. The van der Waals surface area contributed by atoms with Crippen LogP contribution in [-0.2, 0) is 0 Å². The highest BCUT2D eigenvalue weighted by atomic mass is 15.1. The standard InChI is InChI=1S/C52H38N2/c1-5-15-39(16-6-1)40-27-33-47(34-28-40)54(46-23-11-4-12-24-46)49-37-31-42(32-38-49)51-26-14-18-43-17-13-25-50(52(43)51)41-29-35-48(36-30-41)53(44-19-7-2-8-20-44)45-21-9-3-10-22-45/h1-38H. The van der Waals surface area contributed by atoms with Crippen molar-refractivity contribution in [2.45, 2.75) is 0 Å². The molecule has 0 N–H and O–H groups in total. The van der Waals surface area contributed by atoms with E-state index in [0.29, 0.717) is 0 Å². The number of hydrogen-bond acceptors (Lipinski definition) is 2. The topological polar surface area (TPSA) is 6.48 Å². The van der Waals surface area contributed by atoms with Crippen LogP contribution in [0.3, 0.4) is 0 Å². The highest BCUT2D eigenvalue weighted by molar-refractivity contribution is 6.06. The summed E-state index contributed by atoms with van der Waals surface area (Å²) >= 11 is 0. The minimum atomic E-state index is 1.11. The number of fused-ring (bicyclic) bond motifs is 1. The van der Waals surface area contributed by atoms with Crippen LogP contribution in [0.4, 0.5) is 34.1 Å². The Morgan fingerprint density at radius 1 is 0.204 bits per heavy atom. The van der Waals surface area contributed by atoms with E-state index in [0.717, 1.165) is 34.1 Å². The quantitative estimate of drug-likeness (QED) is 0.149. The normalized spacial score (nSPS) is 11.0. The number of hydrogen-bond donors (Lipinski definition) is 0. The average Bonchev–Trinajstić information content (AvgIpc) is 3.26. The average molecular weight is 691 g/mol. The molecular weight excluding hydrogens is 653 g/mol. The minimum absolute atomic E-state index is 1.11. The number of benzene rings is 9. The van der Waals surface area contributed by atoms with Gasteiger partial charge in [0, 0.05) is 34.1 Å². The maximum Gasteiger partial charge on any atom is 0.0462 e. The molecule has 0 amide bonds. The van der Waals surface area contributed by atoms with Gasteiger partial charge in [0.15, 0.2) is 0 Å². The summed E-state index contributed by atoms with van der Waals surface area (Å²) in [5, 5.41) is 2.47. The molecule has 2 nitrogen and oxygen atoms in total. The van der Waals surface area contributed by atoms with Gasteiger partial charge >= 0.3 is 0 Å². The lowest BCUT2D eigenvalue weighted by Gasteiger charge is -2.26. The van der Waals surface area contributed by atoms with Gasteiger partial charge in [-0.05, 0) is 117 Å².